The summed E-state index contributed by atoms with van der Waals surface area (Å²) < 4.78 is 2.07. The third-order valence-electron chi connectivity index (χ3n) is 4.17. The second kappa shape index (κ2) is 8.67. The van der Waals surface area contributed by atoms with Gasteiger partial charge in [-0.25, -0.2) is 5.43 Å². The standard InChI is InChI=1S/C19H23ClN4O2/c1-5-23(6-2)19(26)18(25)22-21-12-15-11-13(3)24(14(15)4)17-9-7-16(20)8-10-17/h7-12H,5-6H2,1-4H3,(H,22,25)/b21-12-. The van der Waals surface area contributed by atoms with Gasteiger partial charge in [0.05, 0.1) is 6.21 Å². The average molecular weight is 375 g/mol. The van der Waals surface area contributed by atoms with E-state index in [1.54, 1.807) is 6.21 Å². The lowest BCUT2D eigenvalue weighted by atomic mass is 10.2. The van der Waals surface area contributed by atoms with E-state index in [2.05, 4.69) is 15.1 Å². The van der Waals surface area contributed by atoms with Gasteiger partial charge in [-0.15, -0.1) is 0 Å². The maximum atomic E-state index is 11.9. The molecule has 1 aromatic heterocycles. The van der Waals surface area contributed by atoms with Crippen LogP contribution in [0.5, 0.6) is 0 Å². The SMILES string of the molecule is CCN(CC)C(=O)C(=O)N/N=C\c1cc(C)n(-c2ccc(Cl)cc2)c1C. The number of halogens is 1. The third-order valence-corrected chi connectivity index (χ3v) is 4.42. The van der Waals surface area contributed by atoms with Crippen LogP contribution in [0.25, 0.3) is 5.69 Å². The van der Waals surface area contributed by atoms with Gasteiger partial charge in [0.2, 0.25) is 0 Å². The largest absolute Gasteiger partial charge is 0.335 e. The van der Waals surface area contributed by atoms with Crippen LogP contribution >= 0.6 is 11.6 Å². The van der Waals surface area contributed by atoms with Crippen molar-refractivity contribution in [3.63, 3.8) is 0 Å². The van der Waals surface area contributed by atoms with Gasteiger partial charge in [0.25, 0.3) is 0 Å². The van der Waals surface area contributed by atoms with E-state index < -0.39 is 11.8 Å². The molecule has 2 aromatic rings. The summed E-state index contributed by atoms with van der Waals surface area (Å²) in [6.45, 7) is 8.56. The third kappa shape index (κ3) is 4.32. The van der Waals surface area contributed by atoms with Gasteiger partial charge < -0.3 is 9.47 Å². The molecule has 26 heavy (non-hydrogen) atoms. The van der Waals surface area contributed by atoms with E-state index in [-0.39, 0.29) is 0 Å². The lowest BCUT2D eigenvalue weighted by molar-refractivity contribution is -0.145. The number of hydrogen-bond acceptors (Lipinski definition) is 3. The molecule has 2 rings (SSSR count). The minimum Gasteiger partial charge on any atom is -0.335 e. The highest BCUT2D eigenvalue weighted by Gasteiger charge is 2.18. The Morgan fingerprint density at radius 3 is 2.38 bits per heavy atom. The number of carbonyl (C=O) groups excluding carboxylic acids is 2. The van der Waals surface area contributed by atoms with Gasteiger partial charge in [-0.3, -0.25) is 9.59 Å². The minimum absolute atomic E-state index is 0.481. The van der Waals surface area contributed by atoms with Crippen molar-refractivity contribution < 1.29 is 9.59 Å². The smallest absolute Gasteiger partial charge is 0.329 e. The summed E-state index contributed by atoms with van der Waals surface area (Å²) in [5.41, 5.74) is 6.14. The van der Waals surface area contributed by atoms with Gasteiger partial charge in [0.15, 0.2) is 0 Å². The predicted octanol–water partition coefficient (Wildman–Crippen LogP) is 3.07. The van der Waals surface area contributed by atoms with Crippen molar-refractivity contribution >= 4 is 29.6 Å². The highest BCUT2D eigenvalue weighted by molar-refractivity contribution is 6.35. The normalized spacial score (nSPS) is 11.0. The number of hydrogen-bond donors (Lipinski definition) is 1. The zero-order valence-corrected chi connectivity index (χ0v) is 16.2. The molecule has 0 aliphatic heterocycles. The molecular weight excluding hydrogens is 352 g/mol. The highest BCUT2D eigenvalue weighted by atomic mass is 35.5. The number of nitrogens with zero attached hydrogens (tertiary/aromatic N) is 3. The van der Waals surface area contributed by atoms with Crippen molar-refractivity contribution in [1.29, 1.82) is 0 Å². The lowest BCUT2D eigenvalue weighted by Crippen LogP contribution is -2.41. The summed E-state index contributed by atoms with van der Waals surface area (Å²) in [6, 6.07) is 9.51. The molecular formula is C19H23ClN4O2. The summed E-state index contributed by atoms with van der Waals surface area (Å²) in [4.78, 5) is 25.2. The maximum absolute atomic E-state index is 11.9. The molecule has 0 unspecified atom stereocenters. The molecule has 0 radical (unpaired) electrons. The van der Waals surface area contributed by atoms with Crippen LogP contribution in [0.4, 0.5) is 0 Å². The van der Waals surface area contributed by atoms with Crippen molar-refractivity contribution in [2.45, 2.75) is 27.7 Å². The maximum Gasteiger partial charge on any atom is 0.329 e. The number of amides is 2. The molecule has 0 bridgehead atoms. The quantitative estimate of drug-likeness (QED) is 0.496. The highest BCUT2D eigenvalue weighted by Crippen LogP contribution is 2.21. The fourth-order valence-electron chi connectivity index (χ4n) is 2.77. The molecule has 0 atom stereocenters. The van der Waals surface area contributed by atoms with Gasteiger partial charge in [-0.05, 0) is 58.0 Å². The molecule has 6 nitrogen and oxygen atoms in total. The molecule has 7 heteroatoms. The van der Waals surface area contributed by atoms with Gasteiger partial charge in [-0.2, -0.15) is 5.10 Å². The zero-order valence-electron chi connectivity index (χ0n) is 15.4. The van der Waals surface area contributed by atoms with Crippen molar-refractivity contribution in [2.24, 2.45) is 5.10 Å². The molecule has 1 aromatic carbocycles. The van der Waals surface area contributed by atoms with Crippen LogP contribution in [-0.2, 0) is 9.59 Å². The summed E-state index contributed by atoms with van der Waals surface area (Å²) in [6.07, 6.45) is 1.54. The lowest BCUT2D eigenvalue weighted by Gasteiger charge is -2.16. The van der Waals surface area contributed by atoms with E-state index in [0.29, 0.717) is 18.1 Å². The van der Waals surface area contributed by atoms with Crippen molar-refractivity contribution in [3.05, 3.63) is 52.3 Å². The van der Waals surface area contributed by atoms with Crippen LogP contribution in [0.15, 0.2) is 35.4 Å². The molecule has 0 aliphatic rings. The molecule has 0 saturated heterocycles. The van der Waals surface area contributed by atoms with Gasteiger partial charge in [-0.1, -0.05) is 11.6 Å². The molecule has 2 amide bonds. The van der Waals surface area contributed by atoms with Gasteiger partial charge in [0, 0.05) is 40.8 Å². The Morgan fingerprint density at radius 2 is 1.81 bits per heavy atom. The monoisotopic (exact) mass is 374 g/mol. The van der Waals surface area contributed by atoms with E-state index in [1.165, 1.54) is 4.90 Å². The van der Waals surface area contributed by atoms with Crippen molar-refractivity contribution in [3.8, 4) is 5.69 Å². The number of hydrazone groups is 1. The number of nitrogens with one attached hydrogen (secondary N) is 1. The molecule has 0 saturated carbocycles. The summed E-state index contributed by atoms with van der Waals surface area (Å²) in [5.74, 6) is -1.32. The second-order valence-electron chi connectivity index (χ2n) is 5.81. The number of carbonyl (C=O) groups is 2. The Bertz CT molecular complexity index is 821. The Morgan fingerprint density at radius 1 is 1.19 bits per heavy atom. The minimum atomic E-state index is -0.739. The molecule has 0 fully saturated rings. The first-order valence-corrected chi connectivity index (χ1v) is 8.84. The Balaban J connectivity index is 2.14. The summed E-state index contributed by atoms with van der Waals surface area (Å²) >= 11 is 5.95. The first kappa shape index (κ1) is 19.7. The van der Waals surface area contributed by atoms with E-state index in [9.17, 15) is 9.59 Å². The number of benzene rings is 1. The molecule has 1 N–H and O–H groups in total. The van der Waals surface area contributed by atoms with E-state index in [0.717, 1.165) is 22.6 Å². The summed E-state index contributed by atoms with van der Waals surface area (Å²) in [5, 5.41) is 4.61. The van der Waals surface area contributed by atoms with Crippen molar-refractivity contribution in [1.82, 2.24) is 14.9 Å². The number of likely N-dealkylation sites (N-methyl/N-ethyl adjacent to an activating group) is 1. The molecule has 0 spiro atoms. The Labute approximate surface area is 158 Å². The van der Waals surface area contributed by atoms with Crippen LogP contribution < -0.4 is 5.43 Å². The van der Waals surface area contributed by atoms with Crippen LogP contribution in [0, 0.1) is 13.8 Å². The number of aryl methyl sites for hydroxylation is 1. The van der Waals surface area contributed by atoms with E-state index in [4.69, 9.17) is 11.6 Å². The average Bonchev–Trinajstić information content (AvgIpc) is 2.90. The summed E-state index contributed by atoms with van der Waals surface area (Å²) in [7, 11) is 0. The van der Waals surface area contributed by atoms with Crippen LogP contribution in [0.3, 0.4) is 0 Å². The van der Waals surface area contributed by atoms with E-state index in [1.807, 2.05) is 58.0 Å². The fraction of sp³-hybridized carbons (Fsp3) is 0.316. The van der Waals surface area contributed by atoms with Crippen molar-refractivity contribution in [2.75, 3.05) is 13.1 Å². The zero-order chi connectivity index (χ0) is 19.3. The van der Waals surface area contributed by atoms with Crippen LogP contribution in [-0.4, -0.2) is 40.6 Å². The number of rotatable bonds is 5. The first-order chi connectivity index (χ1) is 12.4. The molecule has 1 heterocycles. The first-order valence-electron chi connectivity index (χ1n) is 8.46. The van der Waals surface area contributed by atoms with Crippen LogP contribution in [0.2, 0.25) is 5.02 Å². The fourth-order valence-corrected chi connectivity index (χ4v) is 2.89. The van der Waals surface area contributed by atoms with Crippen LogP contribution in [0.1, 0.15) is 30.8 Å². The number of aromatic nitrogens is 1. The van der Waals surface area contributed by atoms with Gasteiger partial charge in [0.1, 0.15) is 0 Å². The van der Waals surface area contributed by atoms with E-state index >= 15 is 0 Å². The predicted molar refractivity (Wildman–Crippen MR) is 104 cm³/mol. The molecule has 0 aliphatic carbocycles. The second-order valence-corrected chi connectivity index (χ2v) is 6.25. The van der Waals surface area contributed by atoms with Gasteiger partial charge >= 0.3 is 11.8 Å². The Kier molecular flexibility index (Phi) is 6.58. The Hall–Kier alpha value is -2.60. The molecule has 138 valence electrons. The topological polar surface area (TPSA) is 66.7 Å².